The summed E-state index contributed by atoms with van der Waals surface area (Å²) in [7, 11) is 0. The number of anilines is 1. The molecule has 1 aliphatic heterocycles. The Morgan fingerprint density at radius 1 is 1.09 bits per heavy atom. The highest BCUT2D eigenvalue weighted by atomic mass is 35.5. The number of hydrogen-bond donors (Lipinski definition) is 0. The zero-order valence-electron chi connectivity index (χ0n) is 18.7. The number of ether oxygens (including phenoxy) is 1. The smallest absolute Gasteiger partial charge is 0.332 e. The van der Waals surface area contributed by atoms with Gasteiger partial charge in [0.1, 0.15) is 11.6 Å². The molecule has 1 aromatic carbocycles. The Morgan fingerprint density at radius 2 is 1.85 bits per heavy atom. The van der Waals surface area contributed by atoms with Gasteiger partial charge in [-0.2, -0.15) is 5.26 Å². The van der Waals surface area contributed by atoms with Crippen LogP contribution in [0, 0.1) is 11.3 Å². The summed E-state index contributed by atoms with van der Waals surface area (Å²) in [5, 5.41) is 9.25. The summed E-state index contributed by atoms with van der Waals surface area (Å²) in [5.74, 6) is 0.127. The molecule has 4 rings (SSSR count). The highest BCUT2D eigenvalue weighted by Crippen LogP contribution is 2.34. The van der Waals surface area contributed by atoms with Crippen molar-refractivity contribution in [1.29, 1.82) is 5.26 Å². The molecule has 172 valence electrons. The highest BCUT2D eigenvalue weighted by Gasteiger charge is 2.51. The molecule has 3 heterocycles. The molecule has 0 N–H and O–H groups in total. The number of halogens is 1. The van der Waals surface area contributed by atoms with Crippen LogP contribution in [0.5, 0.6) is 5.88 Å². The van der Waals surface area contributed by atoms with Gasteiger partial charge in [-0.3, -0.25) is 9.78 Å². The number of carbonyl (C=O) groups is 2. The van der Waals surface area contributed by atoms with Crippen LogP contribution in [0.25, 0.3) is 11.1 Å². The van der Waals surface area contributed by atoms with Crippen molar-refractivity contribution in [2.75, 3.05) is 18.1 Å². The summed E-state index contributed by atoms with van der Waals surface area (Å²) in [4.78, 5) is 37.1. The van der Waals surface area contributed by atoms with Crippen LogP contribution in [-0.4, -0.2) is 45.5 Å². The number of carbonyl (C=O) groups excluding carboxylic acids is 2. The van der Waals surface area contributed by atoms with E-state index in [4.69, 9.17) is 21.6 Å². The molecule has 2 aromatic heterocycles. The maximum Gasteiger partial charge on any atom is 0.332 e. The standard InChI is InChI=1S/C25H22ClN5O3/c1-25(2)23(32)31(20-6-4-18(15-27)21(26)14-20)24(33)30(25)12-3-13-34-22-7-5-19(16-29-22)17-8-10-28-11-9-17/h4-11,14,16H,3,12-13H2,1-2H3. The lowest BCUT2D eigenvalue weighted by Crippen LogP contribution is -2.44. The van der Waals surface area contributed by atoms with Crippen LogP contribution >= 0.6 is 11.6 Å². The minimum Gasteiger partial charge on any atom is -0.478 e. The maximum absolute atomic E-state index is 13.1. The van der Waals surface area contributed by atoms with Crippen LogP contribution in [0.1, 0.15) is 25.8 Å². The van der Waals surface area contributed by atoms with Gasteiger partial charge in [0.25, 0.3) is 5.91 Å². The van der Waals surface area contributed by atoms with Gasteiger partial charge in [-0.15, -0.1) is 0 Å². The number of rotatable bonds is 7. The summed E-state index contributed by atoms with van der Waals surface area (Å²) < 4.78 is 5.73. The first kappa shape index (κ1) is 23.2. The van der Waals surface area contributed by atoms with Crippen molar-refractivity contribution in [2.45, 2.75) is 25.8 Å². The Bertz CT molecular complexity index is 1260. The largest absolute Gasteiger partial charge is 0.478 e. The molecule has 1 aliphatic rings. The molecule has 1 saturated heterocycles. The van der Waals surface area contributed by atoms with Crippen molar-refractivity contribution < 1.29 is 14.3 Å². The van der Waals surface area contributed by atoms with Crippen LogP contribution in [-0.2, 0) is 4.79 Å². The monoisotopic (exact) mass is 475 g/mol. The number of hydrogen-bond acceptors (Lipinski definition) is 6. The van der Waals surface area contributed by atoms with E-state index in [2.05, 4.69) is 9.97 Å². The SMILES string of the molecule is CC1(C)C(=O)N(c2ccc(C#N)c(Cl)c2)C(=O)N1CCCOc1ccc(-c2ccncc2)cn1. The van der Waals surface area contributed by atoms with Gasteiger partial charge in [0.2, 0.25) is 5.88 Å². The highest BCUT2D eigenvalue weighted by molar-refractivity contribution is 6.32. The molecular weight excluding hydrogens is 454 g/mol. The number of pyridine rings is 2. The minimum atomic E-state index is -1.03. The van der Waals surface area contributed by atoms with Crippen LogP contribution in [0.4, 0.5) is 10.5 Å². The normalized spacial score (nSPS) is 14.9. The Hall–Kier alpha value is -3.96. The van der Waals surface area contributed by atoms with Crippen LogP contribution in [0.2, 0.25) is 5.02 Å². The molecule has 0 radical (unpaired) electrons. The molecule has 0 bridgehead atoms. The number of urea groups is 1. The van der Waals surface area contributed by atoms with E-state index in [-0.39, 0.29) is 16.5 Å². The first-order valence-corrected chi connectivity index (χ1v) is 11.1. The predicted molar refractivity (Wildman–Crippen MR) is 127 cm³/mol. The fraction of sp³-hybridized carbons (Fsp3) is 0.240. The summed E-state index contributed by atoms with van der Waals surface area (Å²) in [6.07, 6.45) is 5.70. The summed E-state index contributed by atoms with van der Waals surface area (Å²) in [6, 6.07) is 13.6. The molecule has 3 amide bonds. The second-order valence-electron chi connectivity index (χ2n) is 8.23. The van der Waals surface area contributed by atoms with Gasteiger partial charge in [-0.1, -0.05) is 11.6 Å². The molecule has 3 aromatic rings. The van der Waals surface area contributed by atoms with Crippen molar-refractivity contribution in [3.8, 4) is 23.1 Å². The van der Waals surface area contributed by atoms with E-state index in [1.165, 1.54) is 17.0 Å². The van der Waals surface area contributed by atoms with Crippen LogP contribution < -0.4 is 9.64 Å². The molecule has 0 unspecified atom stereocenters. The van der Waals surface area contributed by atoms with E-state index in [0.717, 1.165) is 16.0 Å². The second kappa shape index (κ2) is 9.49. The molecule has 0 atom stereocenters. The molecule has 9 heteroatoms. The van der Waals surface area contributed by atoms with Crippen LogP contribution in [0.15, 0.2) is 61.1 Å². The summed E-state index contributed by atoms with van der Waals surface area (Å²) in [6.45, 7) is 4.07. The quantitative estimate of drug-likeness (QED) is 0.363. The lowest BCUT2D eigenvalue weighted by Gasteiger charge is -2.27. The number of benzene rings is 1. The van der Waals surface area contributed by atoms with E-state index >= 15 is 0 Å². The topological polar surface area (TPSA) is 99.4 Å². The number of amides is 3. The third kappa shape index (κ3) is 4.43. The Morgan fingerprint density at radius 3 is 2.50 bits per heavy atom. The van der Waals surface area contributed by atoms with Crippen molar-refractivity contribution in [2.24, 2.45) is 0 Å². The lowest BCUT2D eigenvalue weighted by atomic mass is 10.0. The van der Waals surface area contributed by atoms with Gasteiger partial charge in [-0.05, 0) is 62.2 Å². The van der Waals surface area contributed by atoms with E-state index in [1.807, 2.05) is 24.3 Å². The zero-order chi connectivity index (χ0) is 24.3. The van der Waals surface area contributed by atoms with Gasteiger partial charge < -0.3 is 9.64 Å². The number of nitriles is 1. The average molecular weight is 476 g/mol. The lowest BCUT2D eigenvalue weighted by molar-refractivity contribution is -0.123. The van der Waals surface area contributed by atoms with E-state index in [9.17, 15) is 9.59 Å². The van der Waals surface area contributed by atoms with Crippen molar-refractivity contribution in [1.82, 2.24) is 14.9 Å². The van der Waals surface area contributed by atoms with E-state index in [0.29, 0.717) is 31.1 Å². The molecular formula is C25H22ClN5O3. The van der Waals surface area contributed by atoms with Gasteiger partial charge in [0, 0.05) is 36.8 Å². The van der Waals surface area contributed by atoms with Gasteiger partial charge in [0.05, 0.1) is 22.9 Å². The minimum absolute atomic E-state index is 0.188. The maximum atomic E-state index is 13.1. The van der Waals surface area contributed by atoms with Crippen molar-refractivity contribution in [3.63, 3.8) is 0 Å². The number of nitrogens with zero attached hydrogens (tertiary/aromatic N) is 5. The zero-order valence-corrected chi connectivity index (χ0v) is 19.5. The molecule has 34 heavy (non-hydrogen) atoms. The molecule has 8 nitrogen and oxygen atoms in total. The summed E-state index contributed by atoms with van der Waals surface area (Å²) >= 11 is 6.11. The Balaban J connectivity index is 1.37. The third-order valence-electron chi connectivity index (χ3n) is 5.68. The first-order valence-electron chi connectivity index (χ1n) is 10.7. The van der Waals surface area contributed by atoms with Crippen molar-refractivity contribution in [3.05, 3.63) is 71.6 Å². The van der Waals surface area contributed by atoms with Crippen LogP contribution in [0.3, 0.4) is 0 Å². The van der Waals surface area contributed by atoms with Gasteiger partial charge >= 0.3 is 6.03 Å². The molecule has 0 aliphatic carbocycles. The second-order valence-corrected chi connectivity index (χ2v) is 8.64. The summed E-state index contributed by atoms with van der Waals surface area (Å²) in [5.41, 5.74) is 1.56. The Labute approximate surface area is 202 Å². The van der Waals surface area contributed by atoms with Gasteiger partial charge in [-0.25, -0.2) is 14.7 Å². The van der Waals surface area contributed by atoms with Crippen molar-refractivity contribution >= 4 is 29.2 Å². The predicted octanol–water partition coefficient (Wildman–Crippen LogP) is 4.68. The third-order valence-corrected chi connectivity index (χ3v) is 5.99. The van der Waals surface area contributed by atoms with E-state index < -0.39 is 11.6 Å². The van der Waals surface area contributed by atoms with E-state index in [1.54, 1.807) is 44.6 Å². The fourth-order valence-electron chi connectivity index (χ4n) is 3.75. The first-order chi connectivity index (χ1) is 16.3. The Kier molecular flexibility index (Phi) is 6.48. The number of aromatic nitrogens is 2. The molecule has 1 fully saturated rings. The number of imide groups is 1. The molecule has 0 saturated carbocycles. The average Bonchev–Trinajstić information content (AvgIpc) is 3.01. The fourth-order valence-corrected chi connectivity index (χ4v) is 3.97. The molecule has 0 spiro atoms. The van der Waals surface area contributed by atoms with Gasteiger partial charge in [0.15, 0.2) is 0 Å².